The average Bonchev–Trinajstić information content (AvgIpc) is 2.66. The number of rotatable bonds is 4. The molecule has 2 aliphatic heterocycles. The van der Waals surface area contributed by atoms with Gasteiger partial charge < -0.3 is 10.2 Å². The van der Waals surface area contributed by atoms with Crippen LogP contribution in [0, 0.1) is 0 Å². The second kappa shape index (κ2) is 9.75. The molecule has 1 N–H and O–H groups in total. The minimum Gasteiger partial charge on any atom is -0.340 e. The summed E-state index contributed by atoms with van der Waals surface area (Å²) in [4.78, 5) is 16.5. The Hall–Kier alpha value is -1.31. The fourth-order valence-corrected chi connectivity index (χ4v) is 3.84. The molecule has 2 aliphatic rings. The molecule has 152 valence electrons. The summed E-state index contributed by atoms with van der Waals surface area (Å²) >= 11 is 0. The van der Waals surface area contributed by atoms with Crippen molar-refractivity contribution in [1.82, 2.24) is 15.1 Å². The van der Waals surface area contributed by atoms with Crippen LogP contribution >= 0.6 is 12.4 Å². The van der Waals surface area contributed by atoms with Gasteiger partial charge in [0.25, 0.3) is 0 Å². The minimum atomic E-state index is -4.31. The number of nitrogens with zero attached hydrogens (tertiary/aromatic N) is 2. The Morgan fingerprint density at radius 1 is 1.07 bits per heavy atom. The molecule has 1 atom stereocenters. The highest BCUT2D eigenvalue weighted by molar-refractivity contribution is 5.85. The number of nitrogens with one attached hydrogen (secondary N) is 1. The monoisotopic (exact) mass is 405 g/mol. The third-order valence-corrected chi connectivity index (χ3v) is 5.32. The molecule has 1 unspecified atom stereocenters. The second-order valence-electron chi connectivity index (χ2n) is 7.05. The van der Waals surface area contributed by atoms with Gasteiger partial charge in [-0.3, -0.25) is 9.69 Å². The number of likely N-dealkylation sites (tertiary alicyclic amines) is 1. The van der Waals surface area contributed by atoms with Crippen molar-refractivity contribution in [3.63, 3.8) is 0 Å². The molecule has 0 bridgehead atoms. The molecule has 27 heavy (non-hydrogen) atoms. The predicted octanol–water partition coefficient (Wildman–Crippen LogP) is 3.48. The zero-order chi connectivity index (χ0) is 18.6. The van der Waals surface area contributed by atoms with E-state index in [-0.39, 0.29) is 24.4 Å². The quantitative estimate of drug-likeness (QED) is 0.833. The molecule has 0 radical (unpaired) electrons. The Balaban J connectivity index is 0.00000261. The Bertz CT molecular complexity index is 603. The minimum absolute atomic E-state index is 0. The van der Waals surface area contributed by atoms with Crippen LogP contribution in [0.25, 0.3) is 0 Å². The first kappa shape index (κ1) is 22.0. The third kappa shape index (κ3) is 5.83. The van der Waals surface area contributed by atoms with Crippen LogP contribution in [0.5, 0.6) is 0 Å². The lowest BCUT2D eigenvalue weighted by atomic mass is 9.94. The van der Waals surface area contributed by atoms with E-state index in [4.69, 9.17) is 0 Å². The Kier molecular flexibility index (Phi) is 7.94. The van der Waals surface area contributed by atoms with Crippen LogP contribution in [0.3, 0.4) is 0 Å². The number of piperidine rings is 1. The summed E-state index contributed by atoms with van der Waals surface area (Å²) < 4.78 is 38.3. The summed E-state index contributed by atoms with van der Waals surface area (Å²) in [5, 5.41) is 3.23. The average molecular weight is 406 g/mol. The van der Waals surface area contributed by atoms with Gasteiger partial charge in [-0.25, -0.2) is 0 Å². The van der Waals surface area contributed by atoms with Gasteiger partial charge in [0.05, 0.1) is 5.56 Å². The molecule has 4 nitrogen and oxygen atoms in total. The number of halogens is 4. The first-order valence-electron chi connectivity index (χ1n) is 9.35. The molecule has 0 aromatic heterocycles. The van der Waals surface area contributed by atoms with Gasteiger partial charge in [-0.05, 0) is 37.1 Å². The molecular formula is C19H27ClF3N3O. The Morgan fingerprint density at radius 2 is 1.74 bits per heavy atom. The molecule has 1 aromatic carbocycles. The van der Waals surface area contributed by atoms with Gasteiger partial charge in [0, 0.05) is 45.2 Å². The van der Waals surface area contributed by atoms with Crippen molar-refractivity contribution in [2.45, 2.75) is 37.9 Å². The maximum Gasteiger partial charge on any atom is 0.416 e. The summed E-state index contributed by atoms with van der Waals surface area (Å²) in [6.07, 6.45) is -0.780. The van der Waals surface area contributed by atoms with Crippen molar-refractivity contribution in [3.05, 3.63) is 35.4 Å². The van der Waals surface area contributed by atoms with Crippen LogP contribution in [0.2, 0.25) is 0 Å². The molecule has 0 spiro atoms. The van der Waals surface area contributed by atoms with Gasteiger partial charge >= 0.3 is 6.18 Å². The fraction of sp³-hybridized carbons (Fsp3) is 0.632. The van der Waals surface area contributed by atoms with E-state index in [1.165, 1.54) is 0 Å². The van der Waals surface area contributed by atoms with Crippen molar-refractivity contribution in [1.29, 1.82) is 0 Å². The van der Waals surface area contributed by atoms with Crippen molar-refractivity contribution < 1.29 is 18.0 Å². The molecule has 8 heteroatoms. The number of benzene rings is 1. The number of hydrogen-bond acceptors (Lipinski definition) is 3. The zero-order valence-electron chi connectivity index (χ0n) is 15.3. The van der Waals surface area contributed by atoms with E-state index in [0.29, 0.717) is 13.0 Å². The number of carbonyl (C=O) groups is 1. The van der Waals surface area contributed by atoms with E-state index < -0.39 is 11.7 Å². The molecule has 0 aliphatic carbocycles. The van der Waals surface area contributed by atoms with Crippen LogP contribution in [-0.4, -0.2) is 55.0 Å². The summed E-state index contributed by atoms with van der Waals surface area (Å²) in [7, 11) is 0. The van der Waals surface area contributed by atoms with Crippen LogP contribution in [0.1, 0.15) is 42.9 Å². The van der Waals surface area contributed by atoms with Gasteiger partial charge in [0.15, 0.2) is 0 Å². The molecule has 2 heterocycles. The molecule has 0 saturated carbocycles. The number of amides is 1. The summed E-state index contributed by atoms with van der Waals surface area (Å²) in [5.74, 6) is 0.170. The Morgan fingerprint density at radius 3 is 2.37 bits per heavy atom. The number of alkyl halides is 3. The smallest absolute Gasteiger partial charge is 0.340 e. The van der Waals surface area contributed by atoms with Crippen molar-refractivity contribution in [2.24, 2.45) is 0 Å². The lowest BCUT2D eigenvalue weighted by Crippen LogP contribution is -2.47. The third-order valence-electron chi connectivity index (χ3n) is 5.32. The largest absolute Gasteiger partial charge is 0.416 e. The van der Waals surface area contributed by atoms with E-state index in [1.54, 1.807) is 12.1 Å². The van der Waals surface area contributed by atoms with Crippen LogP contribution in [0.15, 0.2) is 24.3 Å². The number of piperazine rings is 1. The standard InChI is InChI=1S/C19H26F3N3O.ClH/c20-19(21,22)16-6-4-15(5-7-16)17-3-1-2-11-24(17)12-8-18(26)25-13-9-23-10-14-25;/h4-7,17,23H,1-3,8-14H2;1H. The van der Waals surface area contributed by atoms with E-state index >= 15 is 0 Å². The fourth-order valence-electron chi connectivity index (χ4n) is 3.84. The highest BCUT2D eigenvalue weighted by atomic mass is 35.5. The van der Waals surface area contributed by atoms with Crippen LogP contribution in [-0.2, 0) is 11.0 Å². The number of carbonyl (C=O) groups excluding carboxylic acids is 1. The highest BCUT2D eigenvalue weighted by Gasteiger charge is 2.31. The molecule has 2 fully saturated rings. The van der Waals surface area contributed by atoms with Crippen molar-refractivity contribution >= 4 is 18.3 Å². The van der Waals surface area contributed by atoms with Crippen molar-refractivity contribution in [2.75, 3.05) is 39.3 Å². The van der Waals surface area contributed by atoms with Gasteiger partial charge in [-0.2, -0.15) is 13.2 Å². The molecular weight excluding hydrogens is 379 g/mol. The zero-order valence-corrected chi connectivity index (χ0v) is 16.1. The first-order chi connectivity index (χ1) is 12.4. The summed E-state index contributed by atoms with van der Waals surface area (Å²) in [5.41, 5.74) is 0.296. The van der Waals surface area contributed by atoms with Gasteiger partial charge in [0.2, 0.25) is 5.91 Å². The molecule has 3 rings (SSSR count). The summed E-state index contributed by atoms with van der Waals surface area (Å²) in [6, 6.07) is 5.59. The van der Waals surface area contributed by atoms with Gasteiger partial charge in [-0.15, -0.1) is 12.4 Å². The predicted molar refractivity (Wildman–Crippen MR) is 101 cm³/mol. The van der Waals surface area contributed by atoms with Crippen molar-refractivity contribution in [3.8, 4) is 0 Å². The number of hydrogen-bond donors (Lipinski definition) is 1. The SMILES string of the molecule is Cl.O=C(CCN1CCCCC1c1ccc(C(F)(F)F)cc1)N1CCNCC1. The summed E-state index contributed by atoms with van der Waals surface area (Å²) in [6.45, 7) is 4.73. The topological polar surface area (TPSA) is 35.6 Å². The van der Waals surface area contributed by atoms with Crippen LogP contribution in [0.4, 0.5) is 13.2 Å². The van der Waals surface area contributed by atoms with Gasteiger partial charge in [-0.1, -0.05) is 18.6 Å². The molecule has 1 amide bonds. The van der Waals surface area contributed by atoms with E-state index in [0.717, 1.165) is 69.7 Å². The molecule has 2 saturated heterocycles. The lowest BCUT2D eigenvalue weighted by Gasteiger charge is -2.36. The highest BCUT2D eigenvalue weighted by Crippen LogP contribution is 2.34. The first-order valence-corrected chi connectivity index (χ1v) is 9.35. The van der Waals surface area contributed by atoms with E-state index in [2.05, 4.69) is 10.2 Å². The maximum atomic E-state index is 12.8. The van der Waals surface area contributed by atoms with Crippen LogP contribution < -0.4 is 5.32 Å². The maximum absolute atomic E-state index is 12.8. The second-order valence-corrected chi connectivity index (χ2v) is 7.05. The Labute approximate surface area is 164 Å². The van der Waals surface area contributed by atoms with E-state index in [1.807, 2.05) is 4.90 Å². The van der Waals surface area contributed by atoms with E-state index in [9.17, 15) is 18.0 Å². The molecule has 1 aromatic rings. The normalized spacial score (nSPS) is 21.6. The van der Waals surface area contributed by atoms with Gasteiger partial charge in [0.1, 0.15) is 0 Å². The lowest BCUT2D eigenvalue weighted by molar-refractivity contribution is -0.137.